The predicted molar refractivity (Wildman–Crippen MR) is 88.1 cm³/mol. The number of hydrogen-bond acceptors (Lipinski definition) is 5. The molecule has 0 aliphatic heterocycles. The number of carboxylic acid groups (broad SMARTS) is 1. The van der Waals surface area contributed by atoms with Gasteiger partial charge in [-0.25, -0.2) is 0 Å². The predicted octanol–water partition coefficient (Wildman–Crippen LogP) is 3.10. The number of aliphatic carboxylic acids is 1. The molecule has 0 amide bonds. The van der Waals surface area contributed by atoms with Crippen molar-refractivity contribution >= 4 is 27.4 Å². The maximum atomic E-state index is 12.2. The van der Waals surface area contributed by atoms with Gasteiger partial charge in [-0.2, -0.15) is 8.42 Å². The van der Waals surface area contributed by atoms with Gasteiger partial charge in [-0.1, -0.05) is 23.8 Å². The normalized spacial score (nSPS) is 12.9. The van der Waals surface area contributed by atoms with Crippen molar-refractivity contribution in [3.05, 3.63) is 52.2 Å². The zero-order chi connectivity index (χ0) is 16.9. The van der Waals surface area contributed by atoms with Gasteiger partial charge in [0, 0.05) is 4.88 Å². The lowest BCUT2D eigenvalue weighted by Gasteiger charge is -2.14. The van der Waals surface area contributed by atoms with Crippen LogP contribution >= 0.6 is 11.3 Å². The van der Waals surface area contributed by atoms with E-state index in [9.17, 15) is 13.2 Å². The maximum Gasteiger partial charge on any atom is 0.303 e. The molecule has 1 aromatic carbocycles. The smallest absolute Gasteiger partial charge is 0.303 e. The van der Waals surface area contributed by atoms with Gasteiger partial charge < -0.3 is 5.11 Å². The van der Waals surface area contributed by atoms with Crippen LogP contribution in [0, 0.1) is 12.8 Å². The topological polar surface area (TPSA) is 80.7 Å². The van der Waals surface area contributed by atoms with Crippen molar-refractivity contribution in [2.24, 2.45) is 5.92 Å². The van der Waals surface area contributed by atoms with Crippen molar-refractivity contribution < 1.29 is 22.5 Å². The van der Waals surface area contributed by atoms with E-state index < -0.39 is 22.0 Å². The molecular weight excluding hydrogens is 336 g/mol. The zero-order valence-corrected chi connectivity index (χ0v) is 14.3. The van der Waals surface area contributed by atoms with Gasteiger partial charge in [-0.15, -0.1) is 11.3 Å². The van der Waals surface area contributed by atoms with E-state index in [2.05, 4.69) is 0 Å². The van der Waals surface area contributed by atoms with E-state index in [1.165, 1.54) is 23.5 Å². The number of carboxylic acids is 1. The second-order valence-corrected chi connectivity index (χ2v) is 7.95. The van der Waals surface area contributed by atoms with Gasteiger partial charge >= 0.3 is 5.97 Å². The number of benzene rings is 1. The van der Waals surface area contributed by atoms with Crippen LogP contribution in [0.3, 0.4) is 0 Å². The van der Waals surface area contributed by atoms with Crippen LogP contribution in [0.2, 0.25) is 0 Å². The van der Waals surface area contributed by atoms with Gasteiger partial charge in [0.1, 0.15) is 0 Å². The van der Waals surface area contributed by atoms with Crippen molar-refractivity contribution in [1.82, 2.24) is 0 Å². The Balaban J connectivity index is 2.04. The van der Waals surface area contributed by atoms with E-state index in [0.717, 1.165) is 10.4 Å². The van der Waals surface area contributed by atoms with Crippen LogP contribution in [-0.4, -0.2) is 26.1 Å². The zero-order valence-electron chi connectivity index (χ0n) is 12.6. The fraction of sp³-hybridized carbons (Fsp3) is 0.312. The molecule has 0 aliphatic carbocycles. The fourth-order valence-corrected chi connectivity index (χ4v) is 3.91. The largest absolute Gasteiger partial charge is 0.481 e. The molecule has 0 spiro atoms. The minimum atomic E-state index is -3.88. The quantitative estimate of drug-likeness (QED) is 0.737. The summed E-state index contributed by atoms with van der Waals surface area (Å²) in [4.78, 5) is 12.1. The van der Waals surface area contributed by atoms with Gasteiger partial charge in [-0.05, 0) is 42.8 Å². The molecule has 0 radical (unpaired) electrons. The molecule has 1 atom stereocenters. The van der Waals surface area contributed by atoms with E-state index in [1.54, 1.807) is 12.1 Å². The Kier molecular flexibility index (Phi) is 5.92. The monoisotopic (exact) mass is 354 g/mol. The Hall–Kier alpha value is -1.70. The average Bonchev–Trinajstić information content (AvgIpc) is 2.98. The summed E-state index contributed by atoms with van der Waals surface area (Å²) in [5.41, 5.74) is 0.949. The minimum Gasteiger partial charge on any atom is -0.481 e. The lowest BCUT2D eigenvalue weighted by atomic mass is 10.0. The van der Waals surface area contributed by atoms with Crippen LogP contribution in [-0.2, 0) is 25.5 Å². The van der Waals surface area contributed by atoms with Gasteiger partial charge in [0.05, 0.1) is 17.9 Å². The summed E-state index contributed by atoms with van der Waals surface area (Å²) in [5, 5.41) is 10.9. The van der Waals surface area contributed by atoms with Crippen molar-refractivity contribution in [1.29, 1.82) is 0 Å². The summed E-state index contributed by atoms with van der Waals surface area (Å²) >= 11 is 1.51. The van der Waals surface area contributed by atoms with E-state index in [1.807, 2.05) is 24.4 Å². The SMILES string of the molecule is Cc1ccc(S(=O)(=O)OCC(CC(=O)O)Cc2cccs2)cc1. The van der Waals surface area contributed by atoms with Gasteiger partial charge in [0.25, 0.3) is 10.1 Å². The summed E-state index contributed by atoms with van der Waals surface area (Å²) in [7, 11) is -3.88. The summed E-state index contributed by atoms with van der Waals surface area (Å²) in [6, 6.07) is 10.1. The number of hydrogen-bond donors (Lipinski definition) is 1. The molecule has 0 aliphatic rings. The highest BCUT2D eigenvalue weighted by molar-refractivity contribution is 7.86. The van der Waals surface area contributed by atoms with E-state index >= 15 is 0 Å². The lowest BCUT2D eigenvalue weighted by molar-refractivity contribution is -0.138. The number of rotatable bonds is 8. The molecule has 5 nitrogen and oxygen atoms in total. The first kappa shape index (κ1) is 17.7. The number of thiophene rings is 1. The Morgan fingerprint density at radius 3 is 2.52 bits per heavy atom. The number of carbonyl (C=O) groups is 1. The molecule has 2 rings (SSSR count). The van der Waals surface area contributed by atoms with Gasteiger partial charge in [0.15, 0.2) is 0 Å². The van der Waals surface area contributed by atoms with Crippen LogP contribution in [0.15, 0.2) is 46.7 Å². The Morgan fingerprint density at radius 1 is 1.26 bits per heavy atom. The van der Waals surface area contributed by atoms with E-state index in [4.69, 9.17) is 9.29 Å². The molecule has 0 saturated carbocycles. The second-order valence-electron chi connectivity index (χ2n) is 5.30. The van der Waals surface area contributed by atoms with E-state index in [-0.39, 0.29) is 17.9 Å². The molecule has 1 aromatic heterocycles. The Morgan fingerprint density at radius 2 is 1.96 bits per heavy atom. The molecule has 23 heavy (non-hydrogen) atoms. The first-order valence-electron chi connectivity index (χ1n) is 7.07. The van der Waals surface area contributed by atoms with Crippen molar-refractivity contribution in [2.75, 3.05) is 6.61 Å². The molecule has 7 heteroatoms. The standard InChI is InChI=1S/C16H18O5S2/c1-12-4-6-15(7-5-12)23(19,20)21-11-13(10-16(17)18)9-14-3-2-8-22-14/h2-8,13H,9-11H2,1H3,(H,17,18). The second kappa shape index (κ2) is 7.72. The highest BCUT2D eigenvalue weighted by Gasteiger charge is 2.21. The van der Waals surface area contributed by atoms with Crippen molar-refractivity contribution in [2.45, 2.75) is 24.7 Å². The van der Waals surface area contributed by atoms with Crippen molar-refractivity contribution in [3.8, 4) is 0 Å². The minimum absolute atomic E-state index is 0.0771. The Labute approximate surface area is 139 Å². The van der Waals surface area contributed by atoms with E-state index in [0.29, 0.717) is 6.42 Å². The molecule has 0 saturated heterocycles. The van der Waals surface area contributed by atoms with Crippen LogP contribution in [0.5, 0.6) is 0 Å². The molecule has 1 N–H and O–H groups in total. The molecule has 0 fully saturated rings. The van der Waals surface area contributed by atoms with Crippen LogP contribution in [0.1, 0.15) is 16.9 Å². The molecule has 2 aromatic rings. The third-order valence-corrected chi connectivity index (χ3v) is 5.50. The molecule has 1 unspecified atom stereocenters. The summed E-state index contributed by atoms with van der Waals surface area (Å²) < 4.78 is 29.4. The van der Waals surface area contributed by atoms with Crippen LogP contribution in [0.25, 0.3) is 0 Å². The third kappa shape index (κ3) is 5.46. The average molecular weight is 354 g/mol. The highest BCUT2D eigenvalue weighted by Crippen LogP contribution is 2.20. The molecule has 124 valence electrons. The first-order chi connectivity index (χ1) is 10.9. The van der Waals surface area contributed by atoms with Crippen molar-refractivity contribution in [3.63, 3.8) is 0 Å². The van der Waals surface area contributed by atoms with Gasteiger partial charge in [-0.3, -0.25) is 8.98 Å². The summed E-state index contributed by atoms with van der Waals surface area (Å²) in [6.07, 6.45) is 0.342. The third-order valence-electron chi connectivity index (χ3n) is 3.30. The molecular formula is C16H18O5S2. The molecule has 1 heterocycles. The first-order valence-corrected chi connectivity index (χ1v) is 9.36. The Bertz CT molecular complexity index is 733. The van der Waals surface area contributed by atoms with Crippen LogP contribution in [0.4, 0.5) is 0 Å². The fourth-order valence-electron chi connectivity index (χ4n) is 2.11. The van der Waals surface area contributed by atoms with Crippen LogP contribution < -0.4 is 0 Å². The maximum absolute atomic E-state index is 12.2. The highest BCUT2D eigenvalue weighted by atomic mass is 32.2. The molecule has 0 bridgehead atoms. The number of aryl methyl sites for hydroxylation is 1. The summed E-state index contributed by atoms with van der Waals surface area (Å²) in [5.74, 6) is -1.37. The summed E-state index contributed by atoms with van der Waals surface area (Å²) in [6.45, 7) is 1.71. The van der Waals surface area contributed by atoms with Gasteiger partial charge in [0.2, 0.25) is 0 Å². The lowest BCUT2D eigenvalue weighted by Crippen LogP contribution is -2.19.